The molecular formula is C17H25N3OS. The summed E-state index contributed by atoms with van der Waals surface area (Å²) in [5.41, 5.74) is 2.37. The SMILES string of the molecule is CC.COc1cccc(Cc2csc(N3CCNCC3)n2)c1. The van der Waals surface area contributed by atoms with Crippen LogP contribution in [0.3, 0.4) is 0 Å². The summed E-state index contributed by atoms with van der Waals surface area (Å²) >= 11 is 1.74. The van der Waals surface area contributed by atoms with Crippen molar-refractivity contribution in [1.82, 2.24) is 10.3 Å². The van der Waals surface area contributed by atoms with Crippen molar-refractivity contribution in [1.29, 1.82) is 0 Å². The zero-order chi connectivity index (χ0) is 15.8. The van der Waals surface area contributed by atoms with Gasteiger partial charge in [0.05, 0.1) is 12.8 Å². The second-order valence-corrected chi connectivity index (χ2v) is 5.72. The minimum absolute atomic E-state index is 0.861. The van der Waals surface area contributed by atoms with Gasteiger partial charge in [-0.25, -0.2) is 4.98 Å². The zero-order valence-corrected chi connectivity index (χ0v) is 14.4. The molecule has 0 spiro atoms. The molecule has 120 valence electrons. The predicted molar refractivity (Wildman–Crippen MR) is 94.3 cm³/mol. The van der Waals surface area contributed by atoms with E-state index in [-0.39, 0.29) is 0 Å². The molecule has 1 saturated heterocycles. The van der Waals surface area contributed by atoms with Gasteiger partial charge in [-0.2, -0.15) is 0 Å². The molecule has 2 heterocycles. The van der Waals surface area contributed by atoms with Crippen LogP contribution in [0.25, 0.3) is 0 Å². The Kier molecular flexibility index (Phi) is 6.68. The van der Waals surface area contributed by atoms with E-state index in [4.69, 9.17) is 9.72 Å². The van der Waals surface area contributed by atoms with Crippen LogP contribution >= 0.6 is 11.3 Å². The summed E-state index contributed by atoms with van der Waals surface area (Å²) < 4.78 is 5.26. The number of nitrogens with zero attached hydrogens (tertiary/aromatic N) is 2. The molecule has 0 saturated carbocycles. The molecule has 1 fully saturated rings. The molecule has 22 heavy (non-hydrogen) atoms. The second-order valence-electron chi connectivity index (χ2n) is 4.89. The van der Waals surface area contributed by atoms with E-state index >= 15 is 0 Å². The monoisotopic (exact) mass is 319 g/mol. The maximum absolute atomic E-state index is 5.26. The van der Waals surface area contributed by atoms with Gasteiger partial charge in [0.25, 0.3) is 0 Å². The summed E-state index contributed by atoms with van der Waals surface area (Å²) in [7, 11) is 1.70. The highest BCUT2D eigenvalue weighted by Crippen LogP contribution is 2.23. The average Bonchev–Trinajstić information content (AvgIpc) is 3.06. The molecule has 0 bridgehead atoms. The molecule has 1 N–H and O–H groups in total. The Hall–Kier alpha value is -1.59. The van der Waals surface area contributed by atoms with Crippen molar-refractivity contribution in [3.8, 4) is 5.75 Å². The number of anilines is 1. The number of hydrogen-bond donors (Lipinski definition) is 1. The molecule has 2 aromatic rings. The van der Waals surface area contributed by atoms with Gasteiger partial charge < -0.3 is 15.0 Å². The van der Waals surface area contributed by atoms with Crippen molar-refractivity contribution >= 4 is 16.5 Å². The summed E-state index contributed by atoms with van der Waals surface area (Å²) in [5, 5.41) is 6.67. The first-order valence-electron chi connectivity index (χ1n) is 7.88. The third kappa shape index (κ3) is 4.45. The summed E-state index contributed by atoms with van der Waals surface area (Å²) in [6.07, 6.45) is 0.861. The Morgan fingerprint density at radius 3 is 2.77 bits per heavy atom. The fourth-order valence-corrected chi connectivity index (χ4v) is 3.25. The number of benzene rings is 1. The first-order valence-corrected chi connectivity index (χ1v) is 8.76. The van der Waals surface area contributed by atoms with Crippen LogP contribution in [0.2, 0.25) is 0 Å². The van der Waals surface area contributed by atoms with Gasteiger partial charge >= 0.3 is 0 Å². The van der Waals surface area contributed by atoms with Gasteiger partial charge in [-0.3, -0.25) is 0 Å². The maximum atomic E-state index is 5.26. The molecule has 0 aliphatic carbocycles. The number of ether oxygens (including phenoxy) is 1. The van der Waals surface area contributed by atoms with E-state index in [2.05, 4.69) is 27.7 Å². The lowest BCUT2D eigenvalue weighted by Crippen LogP contribution is -2.43. The minimum Gasteiger partial charge on any atom is -0.497 e. The van der Waals surface area contributed by atoms with Crippen LogP contribution in [0.15, 0.2) is 29.6 Å². The van der Waals surface area contributed by atoms with Gasteiger partial charge in [-0.1, -0.05) is 26.0 Å². The highest BCUT2D eigenvalue weighted by molar-refractivity contribution is 7.13. The fraction of sp³-hybridized carbons (Fsp3) is 0.471. The maximum Gasteiger partial charge on any atom is 0.185 e. The molecule has 1 aromatic carbocycles. The van der Waals surface area contributed by atoms with Crippen LogP contribution in [0.5, 0.6) is 5.75 Å². The topological polar surface area (TPSA) is 37.4 Å². The van der Waals surface area contributed by atoms with Crippen LogP contribution in [0.4, 0.5) is 5.13 Å². The van der Waals surface area contributed by atoms with Gasteiger partial charge in [0.1, 0.15) is 5.75 Å². The predicted octanol–water partition coefficient (Wildman–Crippen LogP) is 3.18. The van der Waals surface area contributed by atoms with E-state index in [9.17, 15) is 0 Å². The van der Waals surface area contributed by atoms with Crippen molar-refractivity contribution in [2.24, 2.45) is 0 Å². The summed E-state index contributed by atoms with van der Waals surface area (Å²) in [6.45, 7) is 8.19. The van der Waals surface area contributed by atoms with Gasteiger partial charge in [-0.15, -0.1) is 11.3 Å². The lowest BCUT2D eigenvalue weighted by atomic mass is 10.1. The third-order valence-corrected chi connectivity index (χ3v) is 4.40. The van der Waals surface area contributed by atoms with Crippen LogP contribution in [0, 0.1) is 0 Å². The number of nitrogens with one attached hydrogen (secondary N) is 1. The number of piperazine rings is 1. The molecule has 0 unspecified atom stereocenters. The van der Waals surface area contributed by atoms with Crippen molar-refractivity contribution in [3.63, 3.8) is 0 Å². The molecule has 0 amide bonds. The normalized spacial score (nSPS) is 14.2. The van der Waals surface area contributed by atoms with Crippen molar-refractivity contribution in [3.05, 3.63) is 40.9 Å². The number of aromatic nitrogens is 1. The lowest BCUT2D eigenvalue weighted by molar-refractivity contribution is 0.414. The fourth-order valence-electron chi connectivity index (χ4n) is 2.37. The highest BCUT2D eigenvalue weighted by atomic mass is 32.1. The van der Waals surface area contributed by atoms with Gasteiger partial charge in [-0.05, 0) is 17.7 Å². The largest absolute Gasteiger partial charge is 0.497 e. The van der Waals surface area contributed by atoms with Gasteiger partial charge in [0.15, 0.2) is 5.13 Å². The molecule has 1 aliphatic heterocycles. The molecular weight excluding hydrogens is 294 g/mol. The van der Waals surface area contributed by atoms with Crippen LogP contribution in [-0.2, 0) is 6.42 Å². The molecule has 1 aliphatic rings. The second kappa shape index (κ2) is 8.76. The lowest BCUT2D eigenvalue weighted by Gasteiger charge is -2.26. The molecule has 1 aromatic heterocycles. The Balaban J connectivity index is 0.000000847. The van der Waals surface area contributed by atoms with E-state index < -0.39 is 0 Å². The molecule has 4 nitrogen and oxygen atoms in total. The standard InChI is InChI=1S/C15H19N3OS.C2H6/c1-19-14-4-2-3-12(10-14)9-13-11-20-15(17-13)18-7-5-16-6-8-18;1-2/h2-4,10-11,16H,5-9H2,1H3;1-2H3. The smallest absolute Gasteiger partial charge is 0.185 e. The Morgan fingerprint density at radius 1 is 1.27 bits per heavy atom. The minimum atomic E-state index is 0.861. The van der Waals surface area contributed by atoms with E-state index in [0.717, 1.165) is 49.2 Å². The summed E-state index contributed by atoms with van der Waals surface area (Å²) in [4.78, 5) is 7.12. The third-order valence-electron chi connectivity index (χ3n) is 3.45. The van der Waals surface area contributed by atoms with Gasteiger partial charge in [0, 0.05) is 38.0 Å². The summed E-state index contributed by atoms with van der Waals surface area (Å²) in [6, 6.07) is 8.19. The number of rotatable bonds is 4. The first-order chi connectivity index (χ1) is 10.8. The van der Waals surface area contributed by atoms with E-state index in [0.29, 0.717) is 0 Å². The molecule has 3 rings (SSSR count). The van der Waals surface area contributed by atoms with E-state index in [1.165, 1.54) is 5.56 Å². The molecule has 5 heteroatoms. The van der Waals surface area contributed by atoms with Crippen molar-refractivity contribution in [2.75, 3.05) is 38.2 Å². The van der Waals surface area contributed by atoms with Crippen LogP contribution in [-0.4, -0.2) is 38.3 Å². The van der Waals surface area contributed by atoms with Crippen molar-refractivity contribution < 1.29 is 4.74 Å². The highest BCUT2D eigenvalue weighted by Gasteiger charge is 2.14. The molecule has 0 radical (unpaired) electrons. The number of thiazole rings is 1. The Morgan fingerprint density at radius 2 is 2.05 bits per heavy atom. The van der Waals surface area contributed by atoms with Crippen LogP contribution < -0.4 is 15.0 Å². The average molecular weight is 319 g/mol. The Labute approximate surface area is 137 Å². The summed E-state index contributed by atoms with van der Waals surface area (Å²) in [5.74, 6) is 0.903. The quantitative estimate of drug-likeness (QED) is 0.939. The molecule has 0 atom stereocenters. The van der Waals surface area contributed by atoms with Crippen LogP contribution in [0.1, 0.15) is 25.1 Å². The van der Waals surface area contributed by atoms with Gasteiger partial charge in [0.2, 0.25) is 0 Å². The zero-order valence-electron chi connectivity index (χ0n) is 13.6. The number of methoxy groups -OCH3 is 1. The van der Waals surface area contributed by atoms with Crippen molar-refractivity contribution in [2.45, 2.75) is 20.3 Å². The van der Waals surface area contributed by atoms with E-state index in [1.807, 2.05) is 26.0 Å². The van der Waals surface area contributed by atoms with E-state index in [1.54, 1.807) is 18.4 Å². The Bertz CT molecular complexity index is 565. The first kappa shape index (κ1) is 16.8. The number of hydrogen-bond acceptors (Lipinski definition) is 5.